The Kier molecular flexibility index (Phi) is 5.76. The largest absolute Gasteiger partial charge is 0.470 e. The van der Waals surface area contributed by atoms with E-state index < -0.39 is 6.61 Å². The second kappa shape index (κ2) is 8.64. The third-order valence-electron chi connectivity index (χ3n) is 4.25. The summed E-state index contributed by atoms with van der Waals surface area (Å²) in [4.78, 5) is 26.0. The van der Waals surface area contributed by atoms with Crippen LogP contribution in [0, 0.1) is 0 Å². The van der Waals surface area contributed by atoms with E-state index in [1.165, 1.54) is 59.7 Å². The summed E-state index contributed by atoms with van der Waals surface area (Å²) in [6, 6.07) is 7.61. The first kappa shape index (κ1) is 20.7. The minimum atomic E-state index is -2.94. The van der Waals surface area contributed by atoms with Crippen molar-refractivity contribution in [3.8, 4) is 33.8 Å². The number of thiazole rings is 1. The van der Waals surface area contributed by atoms with Crippen molar-refractivity contribution in [1.82, 2.24) is 19.5 Å². The molecule has 0 unspecified atom stereocenters. The van der Waals surface area contributed by atoms with Crippen LogP contribution in [0.5, 0.6) is 17.0 Å². The lowest BCUT2D eigenvalue weighted by atomic mass is 10.1. The number of ether oxygens (including phenoxy) is 3. The van der Waals surface area contributed by atoms with E-state index in [1.54, 1.807) is 6.07 Å². The van der Waals surface area contributed by atoms with Gasteiger partial charge < -0.3 is 14.2 Å². The van der Waals surface area contributed by atoms with Crippen LogP contribution in [0.25, 0.3) is 27.2 Å². The molecular weight excluding hydrogens is 430 g/mol. The van der Waals surface area contributed by atoms with Crippen molar-refractivity contribution in [2.45, 2.75) is 13.5 Å². The summed E-state index contributed by atoms with van der Waals surface area (Å²) in [6.45, 7) is -0.685. The van der Waals surface area contributed by atoms with E-state index in [1.807, 2.05) is 6.92 Å². The van der Waals surface area contributed by atoms with Crippen molar-refractivity contribution in [1.29, 1.82) is 0 Å². The summed E-state index contributed by atoms with van der Waals surface area (Å²) in [6.07, 6.45) is 2.98. The second-order valence-corrected chi connectivity index (χ2v) is 7.12. The summed E-state index contributed by atoms with van der Waals surface area (Å²) in [5, 5.41) is 0.409. The van der Waals surface area contributed by atoms with Crippen LogP contribution >= 0.6 is 11.3 Å². The molecule has 0 spiro atoms. The van der Waals surface area contributed by atoms with Crippen molar-refractivity contribution >= 4 is 21.7 Å². The van der Waals surface area contributed by atoms with E-state index in [-0.39, 0.29) is 17.3 Å². The van der Waals surface area contributed by atoms with Crippen molar-refractivity contribution in [3.63, 3.8) is 0 Å². The quantitative estimate of drug-likeness (QED) is 0.425. The van der Waals surface area contributed by atoms with Crippen LogP contribution in [0.2, 0.25) is 0 Å². The molecule has 0 saturated heterocycles. The lowest BCUT2D eigenvalue weighted by Gasteiger charge is -2.11. The Morgan fingerprint density at radius 3 is 2.48 bits per heavy atom. The van der Waals surface area contributed by atoms with Crippen LogP contribution in [0.4, 0.5) is 8.78 Å². The van der Waals surface area contributed by atoms with Gasteiger partial charge in [-0.25, -0.2) is 9.97 Å². The fourth-order valence-electron chi connectivity index (χ4n) is 2.94. The Labute approximate surface area is 178 Å². The maximum absolute atomic E-state index is 13.4. The van der Waals surface area contributed by atoms with Gasteiger partial charge in [0.25, 0.3) is 10.8 Å². The van der Waals surface area contributed by atoms with E-state index in [0.717, 1.165) is 0 Å². The molecule has 3 aromatic heterocycles. The smallest absolute Gasteiger partial charge is 0.387 e. The number of hydrogen-bond donors (Lipinski definition) is 0. The fraction of sp³-hybridized carbons (Fsp3) is 0.200. The summed E-state index contributed by atoms with van der Waals surface area (Å²) < 4.78 is 41.9. The van der Waals surface area contributed by atoms with Crippen molar-refractivity contribution in [2.75, 3.05) is 13.7 Å². The van der Waals surface area contributed by atoms with Crippen molar-refractivity contribution in [2.24, 2.45) is 0 Å². The number of methoxy groups -OCH3 is 1. The van der Waals surface area contributed by atoms with Gasteiger partial charge in [0.15, 0.2) is 5.65 Å². The number of alkyl halides is 2. The molecule has 31 heavy (non-hydrogen) atoms. The highest BCUT2D eigenvalue weighted by Gasteiger charge is 2.18. The van der Waals surface area contributed by atoms with Crippen LogP contribution in [-0.2, 0) is 0 Å². The average molecular weight is 446 g/mol. The Morgan fingerprint density at radius 1 is 1.16 bits per heavy atom. The van der Waals surface area contributed by atoms with Gasteiger partial charge in [0.2, 0.25) is 0 Å². The lowest BCUT2D eigenvalue weighted by Crippen LogP contribution is -2.20. The van der Waals surface area contributed by atoms with Crippen LogP contribution < -0.4 is 19.8 Å². The molecule has 0 amide bonds. The topological polar surface area (TPSA) is 88.4 Å². The minimum Gasteiger partial charge on any atom is -0.470 e. The van der Waals surface area contributed by atoms with Crippen molar-refractivity contribution in [3.05, 3.63) is 53.1 Å². The van der Waals surface area contributed by atoms with Gasteiger partial charge in [0.1, 0.15) is 5.75 Å². The summed E-state index contributed by atoms with van der Waals surface area (Å²) >= 11 is 1.29. The van der Waals surface area contributed by atoms with Crippen LogP contribution in [0.3, 0.4) is 0 Å². The van der Waals surface area contributed by atoms with Crippen LogP contribution in [0.15, 0.2) is 47.5 Å². The first-order chi connectivity index (χ1) is 15.0. The molecule has 3 heterocycles. The normalized spacial score (nSPS) is 11.1. The Balaban J connectivity index is 1.90. The predicted molar refractivity (Wildman–Crippen MR) is 111 cm³/mol. The first-order valence-electron chi connectivity index (χ1n) is 9.11. The number of hydrogen-bond acceptors (Lipinski definition) is 8. The van der Waals surface area contributed by atoms with Gasteiger partial charge >= 0.3 is 12.6 Å². The molecule has 11 heteroatoms. The monoisotopic (exact) mass is 446 g/mol. The predicted octanol–water partition coefficient (Wildman–Crippen LogP) is 3.91. The van der Waals surface area contributed by atoms with Crippen molar-refractivity contribution < 1.29 is 23.0 Å². The minimum absolute atomic E-state index is 0.0176. The van der Waals surface area contributed by atoms with E-state index in [2.05, 4.69) is 19.7 Å². The lowest BCUT2D eigenvalue weighted by molar-refractivity contribution is -0.0498. The second-order valence-electron chi connectivity index (χ2n) is 6.13. The first-order valence-corrected chi connectivity index (χ1v) is 9.93. The van der Waals surface area contributed by atoms with Gasteiger partial charge in [0.05, 0.1) is 29.7 Å². The Bertz CT molecular complexity index is 1260. The molecule has 0 N–H and O–H groups in total. The average Bonchev–Trinajstić information content (AvgIpc) is 3.16. The SMILES string of the molecule is CCOc1nc2c(cc(-c3cnc(OC)nc3)c(=O)n2-c2ccc(OC(F)F)cc2)s1. The summed E-state index contributed by atoms with van der Waals surface area (Å²) in [7, 11) is 1.45. The molecule has 0 fully saturated rings. The number of rotatable bonds is 7. The zero-order chi connectivity index (χ0) is 22.0. The highest BCUT2D eigenvalue weighted by atomic mass is 32.1. The summed E-state index contributed by atoms with van der Waals surface area (Å²) in [5.41, 5.74) is 1.28. The van der Waals surface area contributed by atoms with E-state index in [4.69, 9.17) is 9.47 Å². The van der Waals surface area contributed by atoms with Gasteiger partial charge in [-0.3, -0.25) is 9.36 Å². The summed E-state index contributed by atoms with van der Waals surface area (Å²) in [5.74, 6) is -0.0176. The number of nitrogens with zero attached hydrogens (tertiary/aromatic N) is 4. The highest BCUT2D eigenvalue weighted by molar-refractivity contribution is 7.20. The third-order valence-corrected chi connectivity index (χ3v) is 5.15. The highest BCUT2D eigenvalue weighted by Crippen LogP contribution is 2.31. The van der Waals surface area contributed by atoms with E-state index in [0.29, 0.717) is 39.0 Å². The molecule has 0 aliphatic heterocycles. The third kappa shape index (κ3) is 4.17. The van der Waals surface area contributed by atoms with Crippen LogP contribution in [0.1, 0.15) is 6.92 Å². The molecule has 0 saturated carbocycles. The van der Waals surface area contributed by atoms with E-state index in [9.17, 15) is 13.6 Å². The maximum atomic E-state index is 13.4. The zero-order valence-corrected chi connectivity index (χ0v) is 17.2. The molecule has 0 radical (unpaired) electrons. The molecule has 1 aromatic carbocycles. The number of fused-ring (bicyclic) bond motifs is 1. The molecule has 0 bridgehead atoms. The molecule has 0 aliphatic carbocycles. The molecular formula is C20H16F2N4O4S. The number of aromatic nitrogens is 4. The molecule has 160 valence electrons. The number of halogens is 2. The number of benzene rings is 1. The molecule has 0 atom stereocenters. The molecule has 8 nitrogen and oxygen atoms in total. The molecule has 0 aliphatic rings. The zero-order valence-electron chi connectivity index (χ0n) is 16.4. The number of pyridine rings is 1. The maximum Gasteiger partial charge on any atom is 0.387 e. The van der Waals surface area contributed by atoms with Gasteiger partial charge in [-0.05, 0) is 37.3 Å². The Hall–Kier alpha value is -3.60. The standard InChI is InChI=1S/C20H16F2N4O4S/c1-3-29-20-25-16-15(31-20)8-14(11-9-23-19(28-2)24-10-11)17(27)26(16)12-4-6-13(7-5-12)30-18(21)22/h4-10,18H,3H2,1-2H3. The molecule has 4 aromatic rings. The van der Waals surface area contributed by atoms with Gasteiger partial charge in [-0.1, -0.05) is 11.3 Å². The fourth-order valence-corrected chi connectivity index (χ4v) is 3.84. The van der Waals surface area contributed by atoms with Gasteiger partial charge in [0, 0.05) is 18.0 Å². The van der Waals surface area contributed by atoms with Gasteiger partial charge in [-0.15, -0.1) is 0 Å². The Morgan fingerprint density at radius 2 is 1.87 bits per heavy atom. The molecule has 4 rings (SSSR count). The van der Waals surface area contributed by atoms with E-state index >= 15 is 0 Å². The van der Waals surface area contributed by atoms with Crippen LogP contribution in [-0.4, -0.2) is 39.8 Å². The van der Waals surface area contributed by atoms with Gasteiger partial charge in [-0.2, -0.15) is 13.8 Å².